The van der Waals surface area contributed by atoms with Gasteiger partial charge in [0.05, 0.1) is 0 Å². The predicted molar refractivity (Wildman–Crippen MR) is 51.3 cm³/mol. The summed E-state index contributed by atoms with van der Waals surface area (Å²) in [6, 6.07) is 0. The second kappa shape index (κ2) is 3.84. The number of Topliss-reactive ketones (excluding diaryl/α,β-unsaturated/α-hetero) is 1. The van der Waals surface area contributed by atoms with Crippen LogP contribution in [0.1, 0.15) is 26.7 Å². The van der Waals surface area contributed by atoms with Crippen molar-refractivity contribution in [3.8, 4) is 0 Å². The van der Waals surface area contributed by atoms with Crippen LogP contribution in [-0.4, -0.2) is 9.68 Å². The van der Waals surface area contributed by atoms with Gasteiger partial charge in [-0.1, -0.05) is 0 Å². The van der Waals surface area contributed by atoms with Crippen molar-refractivity contribution >= 4 is 9.68 Å². The molecule has 13 heavy (non-hydrogen) atoms. The van der Waals surface area contributed by atoms with E-state index in [1.54, 1.807) is 6.92 Å². The Hall–Kier alpha value is -0.292. The number of allylic oxidation sites excluding steroid dienone is 3. The van der Waals surface area contributed by atoms with Crippen LogP contribution in [0.3, 0.4) is 0 Å². The van der Waals surface area contributed by atoms with E-state index in [0.29, 0.717) is 5.78 Å². The average Bonchev–Trinajstić information content (AvgIpc) is 2.35. The third-order valence-corrected chi connectivity index (χ3v) is 5.34. The van der Waals surface area contributed by atoms with Gasteiger partial charge in [0.1, 0.15) is 0 Å². The maximum atomic E-state index is 11.5. The molecule has 0 spiro atoms. The molecule has 0 amide bonds. The molecule has 0 bridgehead atoms. The zero-order valence-electron chi connectivity index (χ0n) is 8.09. The minimum atomic E-state index is -0.176. The molecule has 0 radical (unpaired) electrons. The van der Waals surface area contributed by atoms with Crippen molar-refractivity contribution in [3.63, 3.8) is 0 Å². The minimum absolute atomic E-state index is 0.176. The normalized spacial score (nSPS) is 30.9. The predicted octanol–water partition coefficient (Wildman–Crippen LogP) is 2.21. The van der Waals surface area contributed by atoms with Crippen LogP contribution in [0, 0.1) is 5.41 Å². The Labute approximate surface area is 90.3 Å². The summed E-state index contributed by atoms with van der Waals surface area (Å²) in [6.07, 6.45) is 5.85. The number of hydrogen-bond donors (Lipinski definition) is 0. The number of carbonyl (C=O) groups excluding carboxylic acids is 1. The van der Waals surface area contributed by atoms with E-state index >= 15 is 0 Å². The molecular weight excluding hydrogens is 332 g/mol. The zero-order valence-corrected chi connectivity index (χ0v) is 11.0. The topological polar surface area (TPSA) is 17.1 Å². The van der Waals surface area contributed by atoms with Crippen LogP contribution < -0.4 is 0 Å². The molecule has 0 aromatic rings. The molecule has 0 saturated heterocycles. The first-order valence-electron chi connectivity index (χ1n) is 4.40. The SMILES string of the molecule is C=CC=C1CCC(C)(C(C)=O)[C]1=[W]. The van der Waals surface area contributed by atoms with Gasteiger partial charge in [-0.3, -0.25) is 0 Å². The van der Waals surface area contributed by atoms with E-state index < -0.39 is 0 Å². The third kappa shape index (κ3) is 1.81. The average molecular weight is 346 g/mol. The fourth-order valence-electron chi connectivity index (χ4n) is 1.60. The fourth-order valence-corrected chi connectivity index (χ4v) is 3.10. The summed E-state index contributed by atoms with van der Waals surface area (Å²) in [4.78, 5) is 11.5. The van der Waals surface area contributed by atoms with Gasteiger partial charge in [-0.05, 0) is 0 Å². The molecule has 1 nitrogen and oxygen atoms in total. The maximum absolute atomic E-state index is 11.5. The molecule has 1 aliphatic rings. The van der Waals surface area contributed by atoms with Crippen LogP contribution in [0.4, 0.5) is 0 Å². The molecule has 0 aromatic carbocycles. The summed E-state index contributed by atoms with van der Waals surface area (Å²) < 4.78 is 1.31. The second-order valence-electron chi connectivity index (χ2n) is 3.65. The van der Waals surface area contributed by atoms with Gasteiger partial charge >= 0.3 is 90.2 Å². The van der Waals surface area contributed by atoms with E-state index in [1.165, 1.54) is 28.8 Å². The Morgan fingerprint density at radius 1 is 1.69 bits per heavy atom. The van der Waals surface area contributed by atoms with Crippen molar-refractivity contribution in [2.24, 2.45) is 5.41 Å². The van der Waals surface area contributed by atoms with Gasteiger partial charge in [0, 0.05) is 0 Å². The van der Waals surface area contributed by atoms with Gasteiger partial charge < -0.3 is 0 Å². The summed E-state index contributed by atoms with van der Waals surface area (Å²) in [5, 5.41) is 0. The standard InChI is InChI=1S/C11H14O.W/c1-4-5-10-6-7-11(3,8-10)9(2)12;/h4-5H,1,6-7H2,2-3H3;. The Kier molecular flexibility index (Phi) is 3.18. The molecule has 0 heterocycles. The van der Waals surface area contributed by atoms with Crippen LogP contribution in [-0.2, 0) is 24.1 Å². The number of ketones is 1. The van der Waals surface area contributed by atoms with Crippen molar-refractivity contribution in [3.05, 3.63) is 24.3 Å². The molecule has 0 N–H and O–H groups in total. The zero-order chi connectivity index (χ0) is 10.1. The molecular formula is C11H14OW. The van der Waals surface area contributed by atoms with Crippen LogP contribution >= 0.6 is 0 Å². The van der Waals surface area contributed by atoms with Crippen LogP contribution in [0.2, 0.25) is 0 Å². The monoisotopic (exact) mass is 346 g/mol. The first-order chi connectivity index (χ1) is 6.02. The summed E-state index contributed by atoms with van der Waals surface area (Å²) in [5.41, 5.74) is 1.15. The van der Waals surface area contributed by atoms with Crippen molar-refractivity contribution in [2.75, 3.05) is 0 Å². The molecule has 0 aromatic heterocycles. The molecule has 1 saturated carbocycles. The van der Waals surface area contributed by atoms with E-state index in [-0.39, 0.29) is 5.41 Å². The molecule has 1 unspecified atom stereocenters. The molecule has 1 rings (SSSR count). The number of rotatable bonds is 2. The molecule has 1 atom stereocenters. The summed E-state index contributed by atoms with van der Waals surface area (Å²) >= 11 is 1.42. The summed E-state index contributed by atoms with van der Waals surface area (Å²) in [5.74, 6) is 0.296. The van der Waals surface area contributed by atoms with Crippen LogP contribution in [0.15, 0.2) is 24.3 Å². The molecule has 70 valence electrons. The van der Waals surface area contributed by atoms with E-state index in [4.69, 9.17) is 0 Å². The van der Waals surface area contributed by atoms with Crippen molar-refractivity contribution in [2.45, 2.75) is 26.7 Å². The van der Waals surface area contributed by atoms with Gasteiger partial charge in [-0.15, -0.1) is 0 Å². The van der Waals surface area contributed by atoms with Gasteiger partial charge in [0.2, 0.25) is 0 Å². The molecule has 2 heteroatoms. The Morgan fingerprint density at radius 2 is 2.31 bits per heavy atom. The number of carbonyl (C=O) groups is 1. The van der Waals surface area contributed by atoms with E-state index in [2.05, 4.69) is 13.5 Å². The molecule has 1 fully saturated rings. The first-order valence-corrected chi connectivity index (χ1v) is 5.86. The van der Waals surface area contributed by atoms with Gasteiger partial charge in [0.25, 0.3) is 0 Å². The van der Waals surface area contributed by atoms with E-state index in [0.717, 1.165) is 12.8 Å². The fraction of sp³-hybridized carbons (Fsp3) is 0.455. The molecule has 1 aliphatic carbocycles. The summed E-state index contributed by atoms with van der Waals surface area (Å²) in [6.45, 7) is 7.44. The van der Waals surface area contributed by atoms with Crippen LogP contribution in [0.5, 0.6) is 0 Å². The quantitative estimate of drug-likeness (QED) is 0.750. The van der Waals surface area contributed by atoms with Gasteiger partial charge in [-0.25, -0.2) is 0 Å². The Morgan fingerprint density at radius 3 is 2.69 bits per heavy atom. The second-order valence-corrected chi connectivity index (χ2v) is 5.11. The summed E-state index contributed by atoms with van der Waals surface area (Å²) in [7, 11) is 0. The van der Waals surface area contributed by atoms with Gasteiger partial charge in [-0.2, -0.15) is 0 Å². The third-order valence-electron chi connectivity index (χ3n) is 2.78. The number of hydrogen-bond acceptors (Lipinski definition) is 1. The Bertz CT molecular complexity index is 301. The van der Waals surface area contributed by atoms with Crippen molar-refractivity contribution < 1.29 is 24.1 Å². The molecule has 0 aliphatic heterocycles. The Balaban J connectivity index is 3.00. The van der Waals surface area contributed by atoms with Crippen LogP contribution in [0.25, 0.3) is 0 Å². The van der Waals surface area contributed by atoms with Gasteiger partial charge in [0.15, 0.2) is 0 Å². The van der Waals surface area contributed by atoms with Crippen molar-refractivity contribution in [1.82, 2.24) is 0 Å². The van der Waals surface area contributed by atoms with E-state index in [1.807, 2.05) is 12.2 Å². The van der Waals surface area contributed by atoms with E-state index in [9.17, 15) is 4.79 Å². The first kappa shape index (κ1) is 10.8. The van der Waals surface area contributed by atoms with Crippen molar-refractivity contribution in [1.29, 1.82) is 0 Å².